The normalized spacial score (nSPS) is 43.6. The molecule has 0 amide bonds. The van der Waals surface area contributed by atoms with E-state index < -0.39 is 0 Å². The molecule has 0 aromatic heterocycles. The molecule has 1 spiro atoms. The number of hydrogen-bond acceptors (Lipinski definition) is 3. The SMILES string of the molecule is CC1=C2C(C)N3CCCCC3[C@]23OC(=O)C=C13. The van der Waals surface area contributed by atoms with Gasteiger partial charge in [-0.05, 0) is 44.4 Å². The first kappa shape index (κ1) is 9.89. The van der Waals surface area contributed by atoms with Gasteiger partial charge in [0.25, 0.3) is 0 Å². The molecule has 3 aliphatic heterocycles. The topological polar surface area (TPSA) is 29.5 Å². The number of hydrogen-bond donors (Lipinski definition) is 0. The second kappa shape index (κ2) is 2.83. The Bertz CT molecular complexity index is 490. The minimum atomic E-state index is -0.332. The summed E-state index contributed by atoms with van der Waals surface area (Å²) in [4.78, 5) is 14.2. The molecule has 2 saturated heterocycles. The van der Waals surface area contributed by atoms with Crippen LogP contribution in [0.4, 0.5) is 0 Å². The summed E-state index contributed by atoms with van der Waals surface area (Å²) in [7, 11) is 0. The van der Waals surface area contributed by atoms with Crippen LogP contribution >= 0.6 is 0 Å². The molecule has 0 N–H and O–H groups in total. The number of piperidine rings is 1. The van der Waals surface area contributed by atoms with E-state index in [1.807, 2.05) is 0 Å². The highest BCUT2D eigenvalue weighted by Crippen LogP contribution is 2.60. The average molecular weight is 231 g/mol. The number of ether oxygens (including phenoxy) is 1. The number of esters is 1. The van der Waals surface area contributed by atoms with Crippen LogP contribution in [0.15, 0.2) is 22.8 Å². The highest BCUT2D eigenvalue weighted by molar-refractivity contribution is 5.93. The molecule has 0 saturated carbocycles. The van der Waals surface area contributed by atoms with Crippen molar-refractivity contribution in [2.75, 3.05) is 6.54 Å². The van der Waals surface area contributed by atoms with E-state index in [9.17, 15) is 4.79 Å². The highest BCUT2D eigenvalue weighted by atomic mass is 16.6. The Morgan fingerprint density at radius 2 is 2.29 bits per heavy atom. The number of carbonyl (C=O) groups excluding carboxylic acids is 1. The second-order valence-corrected chi connectivity index (χ2v) is 5.68. The van der Waals surface area contributed by atoms with E-state index in [4.69, 9.17) is 4.74 Å². The van der Waals surface area contributed by atoms with Crippen molar-refractivity contribution < 1.29 is 9.53 Å². The minimum Gasteiger partial charge on any atom is -0.445 e. The number of fused-ring (bicyclic) bond motifs is 1. The van der Waals surface area contributed by atoms with Crippen LogP contribution in [0.3, 0.4) is 0 Å². The molecular weight excluding hydrogens is 214 g/mol. The Morgan fingerprint density at radius 1 is 1.47 bits per heavy atom. The molecule has 0 aromatic rings. The van der Waals surface area contributed by atoms with E-state index in [1.54, 1.807) is 6.08 Å². The smallest absolute Gasteiger partial charge is 0.332 e. The van der Waals surface area contributed by atoms with Crippen molar-refractivity contribution in [2.45, 2.75) is 50.8 Å². The van der Waals surface area contributed by atoms with Crippen LogP contribution in [0.2, 0.25) is 0 Å². The molecule has 3 heterocycles. The van der Waals surface area contributed by atoms with Gasteiger partial charge in [0.05, 0.1) is 6.04 Å². The molecule has 1 aliphatic carbocycles. The van der Waals surface area contributed by atoms with Crippen LogP contribution < -0.4 is 0 Å². The summed E-state index contributed by atoms with van der Waals surface area (Å²) >= 11 is 0. The van der Waals surface area contributed by atoms with Gasteiger partial charge in [-0.1, -0.05) is 6.42 Å². The first-order chi connectivity index (χ1) is 8.16. The largest absolute Gasteiger partial charge is 0.445 e. The molecule has 0 aromatic carbocycles. The zero-order chi connectivity index (χ0) is 11.8. The monoisotopic (exact) mass is 231 g/mol. The van der Waals surface area contributed by atoms with Crippen molar-refractivity contribution >= 4 is 5.97 Å². The fourth-order valence-electron chi connectivity index (χ4n) is 4.49. The van der Waals surface area contributed by atoms with Gasteiger partial charge in [0.2, 0.25) is 0 Å². The highest BCUT2D eigenvalue weighted by Gasteiger charge is 2.67. The summed E-state index contributed by atoms with van der Waals surface area (Å²) in [5, 5.41) is 0. The van der Waals surface area contributed by atoms with Gasteiger partial charge in [-0.2, -0.15) is 0 Å². The van der Waals surface area contributed by atoms with Gasteiger partial charge in [-0.15, -0.1) is 0 Å². The Hall–Kier alpha value is -1.09. The van der Waals surface area contributed by atoms with Gasteiger partial charge in [0, 0.05) is 17.7 Å². The van der Waals surface area contributed by atoms with Gasteiger partial charge < -0.3 is 4.74 Å². The standard InChI is InChI=1S/C14H17NO2/c1-8-10-7-12(16)17-14(10)11-5-3-4-6-15(11)9(2)13(8)14/h7,9,11H,3-6H2,1-2H3/t9?,11?,14-/m0/s1. The van der Waals surface area contributed by atoms with Crippen molar-refractivity contribution in [1.29, 1.82) is 0 Å². The van der Waals surface area contributed by atoms with Crippen LogP contribution in [-0.2, 0) is 9.53 Å². The lowest BCUT2D eigenvalue weighted by molar-refractivity contribution is -0.146. The van der Waals surface area contributed by atoms with E-state index in [2.05, 4.69) is 18.7 Å². The Kier molecular flexibility index (Phi) is 1.65. The summed E-state index contributed by atoms with van der Waals surface area (Å²) < 4.78 is 5.75. The molecule has 90 valence electrons. The van der Waals surface area contributed by atoms with Crippen molar-refractivity contribution in [3.8, 4) is 0 Å². The maximum Gasteiger partial charge on any atom is 0.332 e. The number of carbonyl (C=O) groups is 1. The van der Waals surface area contributed by atoms with Crippen LogP contribution in [0.1, 0.15) is 33.1 Å². The predicted molar refractivity (Wildman–Crippen MR) is 63.4 cm³/mol. The number of nitrogens with zero attached hydrogens (tertiary/aromatic N) is 1. The molecule has 0 radical (unpaired) electrons. The molecule has 2 unspecified atom stereocenters. The maximum atomic E-state index is 11.6. The van der Waals surface area contributed by atoms with Crippen LogP contribution in [0, 0.1) is 0 Å². The van der Waals surface area contributed by atoms with E-state index in [-0.39, 0.29) is 11.6 Å². The summed E-state index contributed by atoms with van der Waals surface area (Å²) in [5.74, 6) is -0.144. The summed E-state index contributed by atoms with van der Waals surface area (Å²) in [6, 6.07) is 0.853. The lowest BCUT2D eigenvalue weighted by Gasteiger charge is -2.44. The lowest BCUT2D eigenvalue weighted by Crippen LogP contribution is -2.52. The van der Waals surface area contributed by atoms with Gasteiger partial charge in [0.1, 0.15) is 0 Å². The molecule has 4 aliphatic rings. The lowest BCUT2D eigenvalue weighted by atomic mass is 9.66. The fourth-order valence-corrected chi connectivity index (χ4v) is 4.49. The third-order valence-electron chi connectivity index (χ3n) is 5.06. The Balaban J connectivity index is 1.89. The Labute approximate surface area is 101 Å². The van der Waals surface area contributed by atoms with Gasteiger partial charge in [-0.3, -0.25) is 4.90 Å². The van der Waals surface area contributed by atoms with E-state index in [0.29, 0.717) is 12.1 Å². The molecule has 2 fully saturated rings. The number of rotatable bonds is 0. The first-order valence-electron chi connectivity index (χ1n) is 6.59. The van der Waals surface area contributed by atoms with Crippen LogP contribution in [-0.4, -0.2) is 35.1 Å². The molecule has 4 rings (SSSR count). The van der Waals surface area contributed by atoms with Crippen molar-refractivity contribution in [3.63, 3.8) is 0 Å². The van der Waals surface area contributed by atoms with E-state index in [1.165, 1.54) is 29.6 Å². The molecule has 3 heteroatoms. The molecule has 17 heavy (non-hydrogen) atoms. The van der Waals surface area contributed by atoms with Gasteiger partial charge in [0.15, 0.2) is 5.60 Å². The summed E-state index contributed by atoms with van der Waals surface area (Å²) in [6.07, 6.45) is 5.40. The average Bonchev–Trinajstić information content (AvgIpc) is 2.74. The van der Waals surface area contributed by atoms with E-state index in [0.717, 1.165) is 13.0 Å². The first-order valence-corrected chi connectivity index (χ1v) is 6.59. The zero-order valence-electron chi connectivity index (χ0n) is 10.3. The Morgan fingerprint density at radius 3 is 3.12 bits per heavy atom. The quantitative estimate of drug-likeness (QED) is 0.595. The van der Waals surface area contributed by atoms with Gasteiger partial charge >= 0.3 is 5.97 Å². The second-order valence-electron chi connectivity index (χ2n) is 5.68. The third-order valence-corrected chi connectivity index (χ3v) is 5.06. The summed E-state index contributed by atoms with van der Waals surface area (Å²) in [5.41, 5.74) is 3.51. The van der Waals surface area contributed by atoms with Crippen LogP contribution in [0.5, 0.6) is 0 Å². The van der Waals surface area contributed by atoms with Crippen molar-refractivity contribution in [3.05, 3.63) is 22.8 Å². The molecule has 0 bridgehead atoms. The van der Waals surface area contributed by atoms with E-state index >= 15 is 0 Å². The fraction of sp³-hybridized carbons (Fsp3) is 0.643. The van der Waals surface area contributed by atoms with Crippen molar-refractivity contribution in [1.82, 2.24) is 4.90 Å². The molecule has 3 atom stereocenters. The predicted octanol–water partition coefficient (Wildman–Crippen LogP) is 1.80. The molecular formula is C14H17NO2. The van der Waals surface area contributed by atoms with Crippen molar-refractivity contribution in [2.24, 2.45) is 0 Å². The third kappa shape index (κ3) is 0.888. The maximum absolute atomic E-state index is 11.6. The minimum absolute atomic E-state index is 0.144. The van der Waals surface area contributed by atoms with Crippen LogP contribution in [0.25, 0.3) is 0 Å². The molecule has 3 nitrogen and oxygen atoms in total. The summed E-state index contributed by atoms with van der Waals surface area (Å²) in [6.45, 7) is 5.54. The van der Waals surface area contributed by atoms with Gasteiger partial charge in [-0.25, -0.2) is 4.79 Å². The zero-order valence-corrected chi connectivity index (χ0v) is 10.3.